The molecular weight excluding hydrogens is 280 g/mol. The lowest BCUT2D eigenvalue weighted by Gasteiger charge is -2.17. The Hall–Kier alpha value is -1.11. The van der Waals surface area contributed by atoms with Crippen LogP contribution in [0.5, 0.6) is 0 Å². The van der Waals surface area contributed by atoms with Crippen molar-refractivity contribution in [2.45, 2.75) is 57.0 Å². The Morgan fingerprint density at radius 3 is 1.85 bits per heavy atom. The minimum Gasteiger partial charge on any atom is -0.345 e. The predicted molar refractivity (Wildman–Crippen MR) is 74.8 cm³/mol. The van der Waals surface area contributed by atoms with E-state index in [0.717, 1.165) is 25.7 Å². The molecule has 2 N–H and O–H groups in total. The van der Waals surface area contributed by atoms with Gasteiger partial charge in [0.1, 0.15) is 0 Å². The molecule has 0 aromatic heterocycles. The lowest BCUT2D eigenvalue weighted by atomic mass is 10.1. The number of rotatable bonds is 2. The summed E-state index contributed by atoms with van der Waals surface area (Å²) in [6.07, 6.45) is 6.73. The molecule has 0 aromatic rings. The van der Waals surface area contributed by atoms with E-state index in [-0.39, 0.29) is 17.5 Å². The standard InChI is InChI=1S/C13H22N2O4S/c16-12(14-10-5-3-1-2-4-6-10)13(17)15-11-7-8-20(18,19)9-11/h10-11H,1-9H2,(H,14,16)(H,15,17). The normalized spacial score (nSPS) is 26.7. The summed E-state index contributed by atoms with van der Waals surface area (Å²) in [7, 11) is -3.05. The summed E-state index contributed by atoms with van der Waals surface area (Å²) in [4.78, 5) is 23.6. The minimum atomic E-state index is -3.05. The van der Waals surface area contributed by atoms with E-state index in [1.807, 2.05) is 0 Å². The van der Waals surface area contributed by atoms with Crippen molar-refractivity contribution in [2.24, 2.45) is 0 Å². The summed E-state index contributed by atoms with van der Waals surface area (Å²) in [5, 5.41) is 5.26. The molecular formula is C13H22N2O4S. The van der Waals surface area contributed by atoms with E-state index in [0.29, 0.717) is 6.42 Å². The zero-order chi connectivity index (χ0) is 14.6. The topological polar surface area (TPSA) is 92.3 Å². The molecule has 2 amide bonds. The van der Waals surface area contributed by atoms with Gasteiger partial charge in [0.2, 0.25) is 0 Å². The molecule has 1 aliphatic carbocycles. The molecule has 0 radical (unpaired) electrons. The summed E-state index contributed by atoms with van der Waals surface area (Å²) < 4.78 is 22.6. The van der Waals surface area contributed by atoms with Crippen LogP contribution < -0.4 is 10.6 Å². The predicted octanol–water partition coefficient (Wildman–Crippen LogP) is 0.129. The molecule has 0 bridgehead atoms. The Kier molecular flexibility index (Phi) is 5.01. The molecule has 20 heavy (non-hydrogen) atoms. The molecule has 2 fully saturated rings. The first-order chi connectivity index (χ1) is 9.46. The van der Waals surface area contributed by atoms with Gasteiger partial charge in [-0.05, 0) is 19.3 Å². The molecule has 1 saturated heterocycles. The third kappa shape index (κ3) is 4.47. The van der Waals surface area contributed by atoms with Crippen molar-refractivity contribution in [2.75, 3.05) is 11.5 Å². The third-order valence-electron chi connectivity index (χ3n) is 3.96. The van der Waals surface area contributed by atoms with Crippen LogP contribution in [0, 0.1) is 0 Å². The molecule has 0 aromatic carbocycles. The van der Waals surface area contributed by atoms with Crippen molar-refractivity contribution in [3.05, 3.63) is 0 Å². The van der Waals surface area contributed by atoms with Gasteiger partial charge in [0.25, 0.3) is 0 Å². The first-order valence-electron chi connectivity index (χ1n) is 7.28. The molecule has 114 valence electrons. The van der Waals surface area contributed by atoms with Crippen molar-refractivity contribution in [3.8, 4) is 0 Å². The zero-order valence-electron chi connectivity index (χ0n) is 11.6. The highest BCUT2D eigenvalue weighted by Gasteiger charge is 2.30. The second-order valence-electron chi connectivity index (χ2n) is 5.74. The van der Waals surface area contributed by atoms with Crippen LogP contribution in [-0.2, 0) is 19.4 Å². The van der Waals surface area contributed by atoms with Crippen LogP contribution in [0.4, 0.5) is 0 Å². The van der Waals surface area contributed by atoms with Crippen molar-refractivity contribution >= 4 is 21.7 Å². The van der Waals surface area contributed by atoms with Gasteiger partial charge in [-0.15, -0.1) is 0 Å². The average molecular weight is 302 g/mol. The smallest absolute Gasteiger partial charge is 0.309 e. The zero-order valence-corrected chi connectivity index (χ0v) is 12.4. The van der Waals surface area contributed by atoms with Gasteiger partial charge in [0, 0.05) is 12.1 Å². The lowest BCUT2D eigenvalue weighted by Crippen LogP contribution is -2.47. The number of carbonyl (C=O) groups excluding carboxylic acids is 2. The van der Waals surface area contributed by atoms with E-state index in [9.17, 15) is 18.0 Å². The number of carbonyl (C=O) groups is 2. The van der Waals surface area contributed by atoms with Gasteiger partial charge < -0.3 is 10.6 Å². The molecule has 1 atom stereocenters. The Bertz CT molecular complexity index is 467. The van der Waals surface area contributed by atoms with E-state index in [1.54, 1.807) is 0 Å². The Labute approximate surface area is 119 Å². The number of sulfone groups is 1. The Balaban J connectivity index is 1.78. The van der Waals surface area contributed by atoms with Gasteiger partial charge in [0.05, 0.1) is 11.5 Å². The second-order valence-corrected chi connectivity index (χ2v) is 7.96. The van der Waals surface area contributed by atoms with E-state index < -0.39 is 27.7 Å². The maximum atomic E-state index is 11.8. The highest BCUT2D eigenvalue weighted by atomic mass is 32.2. The Morgan fingerprint density at radius 2 is 1.35 bits per heavy atom. The molecule has 7 heteroatoms. The molecule has 6 nitrogen and oxygen atoms in total. The molecule has 2 rings (SSSR count). The summed E-state index contributed by atoms with van der Waals surface area (Å²) in [5.74, 6) is -1.32. The summed E-state index contributed by atoms with van der Waals surface area (Å²) >= 11 is 0. The van der Waals surface area contributed by atoms with Gasteiger partial charge in [0.15, 0.2) is 9.84 Å². The summed E-state index contributed by atoms with van der Waals surface area (Å²) in [5.41, 5.74) is 0. The number of nitrogens with one attached hydrogen (secondary N) is 2. The quantitative estimate of drug-likeness (QED) is 0.560. The van der Waals surface area contributed by atoms with Crippen LogP contribution >= 0.6 is 0 Å². The van der Waals surface area contributed by atoms with Crippen LogP contribution in [0.2, 0.25) is 0 Å². The fourth-order valence-electron chi connectivity index (χ4n) is 2.83. The number of hydrogen-bond acceptors (Lipinski definition) is 4. The minimum absolute atomic E-state index is 0.0601. The molecule has 1 unspecified atom stereocenters. The first kappa shape index (κ1) is 15.3. The van der Waals surface area contributed by atoms with E-state index >= 15 is 0 Å². The SMILES string of the molecule is O=C(NC1CCCCCC1)C(=O)NC1CCS(=O)(=O)C1. The van der Waals surface area contributed by atoms with Crippen LogP contribution in [0.3, 0.4) is 0 Å². The third-order valence-corrected chi connectivity index (χ3v) is 5.73. The maximum Gasteiger partial charge on any atom is 0.309 e. The lowest BCUT2D eigenvalue weighted by molar-refractivity contribution is -0.140. The fraction of sp³-hybridized carbons (Fsp3) is 0.846. The van der Waals surface area contributed by atoms with Crippen molar-refractivity contribution in [1.82, 2.24) is 10.6 Å². The second kappa shape index (κ2) is 6.56. The van der Waals surface area contributed by atoms with E-state index in [4.69, 9.17) is 0 Å². The van der Waals surface area contributed by atoms with Crippen molar-refractivity contribution in [3.63, 3.8) is 0 Å². The highest BCUT2D eigenvalue weighted by molar-refractivity contribution is 7.91. The molecule has 1 saturated carbocycles. The first-order valence-corrected chi connectivity index (χ1v) is 9.10. The van der Waals surface area contributed by atoms with Crippen molar-refractivity contribution < 1.29 is 18.0 Å². The van der Waals surface area contributed by atoms with Gasteiger partial charge in [-0.1, -0.05) is 25.7 Å². The highest BCUT2D eigenvalue weighted by Crippen LogP contribution is 2.17. The number of amides is 2. The molecule has 2 aliphatic rings. The van der Waals surface area contributed by atoms with E-state index in [1.165, 1.54) is 12.8 Å². The maximum absolute atomic E-state index is 11.8. The van der Waals surface area contributed by atoms with Crippen LogP contribution in [0.1, 0.15) is 44.9 Å². The molecule has 1 aliphatic heterocycles. The van der Waals surface area contributed by atoms with Crippen molar-refractivity contribution in [1.29, 1.82) is 0 Å². The largest absolute Gasteiger partial charge is 0.345 e. The number of hydrogen-bond donors (Lipinski definition) is 2. The van der Waals surface area contributed by atoms with E-state index in [2.05, 4.69) is 10.6 Å². The van der Waals surface area contributed by atoms with Gasteiger partial charge in [-0.2, -0.15) is 0 Å². The summed E-state index contributed by atoms with van der Waals surface area (Å²) in [6, 6.07) is -0.351. The fourth-order valence-corrected chi connectivity index (χ4v) is 4.51. The van der Waals surface area contributed by atoms with Gasteiger partial charge >= 0.3 is 11.8 Å². The molecule has 1 heterocycles. The van der Waals surface area contributed by atoms with Gasteiger partial charge in [-0.3, -0.25) is 9.59 Å². The molecule has 0 spiro atoms. The average Bonchev–Trinajstić information content (AvgIpc) is 2.59. The van der Waals surface area contributed by atoms with Crippen LogP contribution in [-0.4, -0.2) is 43.8 Å². The monoisotopic (exact) mass is 302 g/mol. The summed E-state index contributed by atoms with van der Waals surface area (Å²) in [6.45, 7) is 0. The van der Waals surface area contributed by atoms with Crippen LogP contribution in [0.25, 0.3) is 0 Å². The van der Waals surface area contributed by atoms with Crippen LogP contribution in [0.15, 0.2) is 0 Å². The Morgan fingerprint density at radius 1 is 0.800 bits per heavy atom. The van der Waals surface area contributed by atoms with Gasteiger partial charge in [-0.25, -0.2) is 8.42 Å².